The molecular weight excluding hydrogens is 328 g/mol. The van der Waals surface area contributed by atoms with Crippen LogP contribution < -0.4 is 0 Å². The lowest BCUT2D eigenvalue weighted by Gasteiger charge is -2.10. The van der Waals surface area contributed by atoms with Crippen molar-refractivity contribution in [3.8, 4) is 11.4 Å². The number of nitrogens with zero attached hydrogens (tertiary/aromatic N) is 1. The van der Waals surface area contributed by atoms with Crippen LogP contribution in [0.3, 0.4) is 0 Å². The Hall–Kier alpha value is -2.80. The first-order valence-corrected chi connectivity index (χ1v) is 8.65. The van der Waals surface area contributed by atoms with Crippen LogP contribution >= 0.6 is 0 Å². The Morgan fingerprint density at radius 1 is 1.08 bits per heavy atom. The van der Waals surface area contributed by atoms with Gasteiger partial charge in [0.15, 0.2) is 0 Å². The predicted molar refractivity (Wildman–Crippen MR) is 89.3 cm³/mol. The van der Waals surface area contributed by atoms with E-state index in [4.69, 9.17) is 0 Å². The van der Waals surface area contributed by atoms with Gasteiger partial charge in [-0.3, -0.25) is 0 Å². The molecule has 0 spiro atoms. The lowest BCUT2D eigenvalue weighted by atomic mass is 10.2. The summed E-state index contributed by atoms with van der Waals surface area (Å²) in [6, 6.07) is 13.1. The van der Waals surface area contributed by atoms with Gasteiger partial charge in [0.2, 0.25) is 0 Å². The van der Waals surface area contributed by atoms with Gasteiger partial charge in [-0.05, 0) is 43.3 Å². The summed E-state index contributed by atoms with van der Waals surface area (Å²) in [6.07, 6.45) is 1.48. The standard InChI is InChI=1S/C17H16N2O4S/c1-12-5-7-13(8-6-12)24(21,22)19-11-3-4-16(19)14-9-10-15(18-14)17(20)23-2/h3-11,18H,1-2H3. The van der Waals surface area contributed by atoms with Crippen molar-refractivity contribution in [2.24, 2.45) is 0 Å². The second kappa shape index (κ2) is 6.01. The van der Waals surface area contributed by atoms with Crippen molar-refractivity contribution in [2.45, 2.75) is 11.8 Å². The van der Waals surface area contributed by atoms with Gasteiger partial charge in [-0.25, -0.2) is 17.2 Å². The number of aromatic amines is 1. The minimum atomic E-state index is -3.73. The Kier molecular flexibility index (Phi) is 4.02. The van der Waals surface area contributed by atoms with Gasteiger partial charge in [-0.15, -0.1) is 0 Å². The largest absolute Gasteiger partial charge is 0.464 e. The molecule has 124 valence electrons. The van der Waals surface area contributed by atoms with Crippen LogP contribution in [0.2, 0.25) is 0 Å². The third kappa shape index (κ3) is 2.74. The van der Waals surface area contributed by atoms with E-state index < -0.39 is 16.0 Å². The number of carbonyl (C=O) groups excluding carboxylic acids is 1. The number of nitrogens with one attached hydrogen (secondary N) is 1. The molecule has 2 heterocycles. The van der Waals surface area contributed by atoms with E-state index in [9.17, 15) is 13.2 Å². The summed E-state index contributed by atoms with van der Waals surface area (Å²) in [5.41, 5.74) is 2.18. The maximum atomic E-state index is 12.9. The van der Waals surface area contributed by atoms with Crippen molar-refractivity contribution in [1.29, 1.82) is 0 Å². The van der Waals surface area contributed by atoms with E-state index in [0.29, 0.717) is 11.4 Å². The number of rotatable bonds is 4. The van der Waals surface area contributed by atoms with Gasteiger partial charge in [-0.1, -0.05) is 17.7 Å². The highest BCUT2D eigenvalue weighted by atomic mass is 32.2. The van der Waals surface area contributed by atoms with Gasteiger partial charge in [0, 0.05) is 6.20 Å². The molecular formula is C17H16N2O4S. The van der Waals surface area contributed by atoms with Gasteiger partial charge in [-0.2, -0.15) is 0 Å². The number of hydrogen-bond donors (Lipinski definition) is 1. The molecule has 0 saturated carbocycles. The maximum absolute atomic E-state index is 12.9. The van der Waals surface area contributed by atoms with Gasteiger partial charge in [0.25, 0.3) is 10.0 Å². The lowest BCUT2D eigenvalue weighted by Crippen LogP contribution is -2.13. The molecule has 0 atom stereocenters. The number of hydrogen-bond acceptors (Lipinski definition) is 4. The Balaban J connectivity index is 2.06. The van der Waals surface area contributed by atoms with Crippen molar-refractivity contribution >= 4 is 16.0 Å². The van der Waals surface area contributed by atoms with Crippen molar-refractivity contribution in [3.05, 3.63) is 66.0 Å². The predicted octanol–water partition coefficient (Wildman–Crippen LogP) is 2.82. The first-order chi connectivity index (χ1) is 11.4. The van der Waals surface area contributed by atoms with Crippen LogP contribution in [0, 0.1) is 6.92 Å². The van der Waals surface area contributed by atoms with E-state index in [0.717, 1.165) is 5.56 Å². The molecule has 0 unspecified atom stereocenters. The number of carbonyl (C=O) groups is 1. The molecule has 0 amide bonds. The number of benzene rings is 1. The minimum Gasteiger partial charge on any atom is -0.464 e. The van der Waals surface area contributed by atoms with E-state index in [1.165, 1.54) is 17.3 Å². The summed E-state index contributed by atoms with van der Waals surface area (Å²) in [7, 11) is -2.44. The minimum absolute atomic E-state index is 0.199. The van der Waals surface area contributed by atoms with Gasteiger partial charge < -0.3 is 9.72 Å². The zero-order valence-corrected chi connectivity index (χ0v) is 14.0. The molecule has 0 aliphatic heterocycles. The third-order valence-corrected chi connectivity index (χ3v) is 5.36. The van der Waals surface area contributed by atoms with Crippen LogP contribution in [0.1, 0.15) is 16.1 Å². The number of esters is 1. The maximum Gasteiger partial charge on any atom is 0.354 e. The average Bonchev–Trinajstić information content (AvgIpc) is 3.23. The second-order valence-corrected chi connectivity index (χ2v) is 7.10. The zero-order valence-electron chi connectivity index (χ0n) is 13.2. The molecule has 1 N–H and O–H groups in total. The topological polar surface area (TPSA) is 81.2 Å². The summed E-state index contributed by atoms with van der Waals surface area (Å²) in [5, 5.41) is 0. The number of methoxy groups -OCH3 is 1. The summed E-state index contributed by atoms with van der Waals surface area (Å²) < 4.78 is 31.5. The fraction of sp³-hybridized carbons (Fsp3) is 0.118. The lowest BCUT2D eigenvalue weighted by molar-refractivity contribution is 0.0595. The van der Waals surface area contributed by atoms with Crippen molar-refractivity contribution in [1.82, 2.24) is 8.96 Å². The molecule has 6 nitrogen and oxygen atoms in total. The molecule has 0 saturated heterocycles. The molecule has 0 aliphatic rings. The van der Waals surface area contributed by atoms with E-state index in [1.807, 2.05) is 6.92 Å². The zero-order chi connectivity index (χ0) is 17.3. The normalized spacial score (nSPS) is 11.4. The summed E-state index contributed by atoms with van der Waals surface area (Å²) in [4.78, 5) is 14.6. The number of aryl methyl sites for hydroxylation is 1. The number of H-pyrrole nitrogens is 1. The molecule has 24 heavy (non-hydrogen) atoms. The molecule has 0 aliphatic carbocycles. The fourth-order valence-electron chi connectivity index (χ4n) is 2.38. The number of ether oxygens (including phenoxy) is 1. The molecule has 0 bridgehead atoms. The molecule has 3 aromatic rings. The van der Waals surface area contributed by atoms with E-state index in [2.05, 4.69) is 9.72 Å². The van der Waals surface area contributed by atoms with Crippen molar-refractivity contribution < 1.29 is 17.9 Å². The Bertz CT molecular complexity index is 982. The van der Waals surface area contributed by atoms with Crippen LogP contribution in [-0.4, -0.2) is 30.5 Å². The molecule has 0 radical (unpaired) electrons. The summed E-state index contributed by atoms with van der Waals surface area (Å²) >= 11 is 0. The third-order valence-electron chi connectivity index (χ3n) is 3.66. The first-order valence-electron chi connectivity index (χ1n) is 7.21. The fourth-order valence-corrected chi connectivity index (χ4v) is 3.74. The van der Waals surface area contributed by atoms with Crippen LogP contribution in [0.5, 0.6) is 0 Å². The monoisotopic (exact) mass is 344 g/mol. The molecule has 2 aromatic heterocycles. The highest BCUT2D eigenvalue weighted by Gasteiger charge is 2.21. The van der Waals surface area contributed by atoms with Gasteiger partial charge >= 0.3 is 5.97 Å². The Morgan fingerprint density at radius 2 is 1.79 bits per heavy atom. The highest BCUT2D eigenvalue weighted by molar-refractivity contribution is 7.90. The van der Waals surface area contributed by atoms with Crippen LogP contribution in [-0.2, 0) is 14.8 Å². The van der Waals surface area contributed by atoms with Crippen molar-refractivity contribution in [2.75, 3.05) is 7.11 Å². The highest BCUT2D eigenvalue weighted by Crippen LogP contribution is 2.25. The van der Waals surface area contributed by atoms with Gasteiger partial charge in [0.1, 0.15) is 5.69 Å². The molecule has 3 rings (SSSR count). The average molecular weight is 344 g/mol. The van der Waals surface area contributed by atoms with Crippen LogP contribution in [0.4, 0.5) is 0 Å². The summed E-state index contributed by atoms with van der Waals surface area (Å²) in [6.45, 7) is 1.89. The first kappa shape index (κ1) is 16.1. The van der Waals surface area contributed by atoms with E-state index in [1.54, 1.807) is 48.5 Å². The van der Waals surface area contributed by atoms with E-state index >= 15 is 0 Å². The molecule has 7 heteroatoms. The Morgan fingerprint density at radius 3 is 2.46 bits per heavy atom. The van der Waals surface area contributed by atoms with Crippen LogP contribution in [0.25, 0.3) is 11.4 Å². The second-order valence-electron chi connectivity index (χ2n) is 5.28. The molecule has 0 fully saturated rings. The Labute approximate surface area is 139 Å². The summed E-state index contributed by atoms with van der Waals surface area (Å²) in [5.74, 6) is -0.513. The van der Waals surface area contributed by atoms with Crippen LogP contribution in [0.15, 0.2) is 59.6 Å². The van der Waals surface area contributed by atoms with E-state index in [-0.39, 0.29) is 10.6 Å². The van der Waals surface area contributed by atoms with Crippen molar-refractivity contribution in [3.63, 3.8) is 0 Å². The molecule has 1 aromatic carbocycles. The number of aromatic nitrogens is 2. The quantitative estimate of drug-likeness (QED) is 0.738. The SMILES string of the molecule is COC(=O)c1ccc(-c2cccn2S(=O)(=O)c2ccc(C)cc2)[nH]1. The smallest absolute Gasteiger partial charge is 0.354 e. The van der Waals surface area contributed by atoms with Gasteiger partial charge in [0.05, 0.1) is 23.4 Å².